The summed E-state index contributed by atoms with van der Waals surface area (Å²) in [4.78, 5) is 10.6. The lowest BCUT2D eigenvalue weighted by Crippen LogP contribution is -2.04. The quantitative estimate of drug-likeness (QED) is 0.507. The Bertz CT molecular complexity index is 654. The van der Waals surface area contributed by atoms with Gasteiger partial charge < -0.3 is 10.4 Å². The average Bonchev–Trinajstić information content (AvgIpc) is 2.41. The first-order valence-corrected chi connectivity index (χ1v) is 6.25. The van der Waals surface area contributed by atoms with E-state index in [9.17, 15) is 15.2 Å². The van der Waals surface area contributed by atoms with Crippen LogP contribution in [0.15, 0.2) is 36.4 Å². The van der Waals surface area contributed by atoms with Crippen LogP contribution in [-0.4, -0.2) is 10.0 Å². The number of nitro benzene ring substituents is 1. The molecule has 104 valence electrons. The number of nitro groups is 1. The van der Waals surface area contributed by atoms with Crippen molar-refractivity contribution in [3.8, 4) is 5.75 Å². The van der Waals surface area contributed by atoms with Crippen molar-refractivity contribution in [2.75, 3.05) is 5.32 Å². The van der Waals surface area contributed by atoms with Crippen molar-refractivity contribution in [2.45, 2.75) is 20.4 Å². The van der Waals surface area contributed by atoms with Gasteiger partial charge >= 0.3 is 0 Å². The predicted octanol–water partition coefficient (Wildman–Crippen LogP) is 3.53. The monoisotopic (exact) mass is 272 g/mol. The van der Waals surface area contributed by atoms with Gasteiger partial charge in [-0.15, -0.1) is 0 Å². The summed E-state index contributed by atoms with van der Waals surface area (Å²) in [6.07, 6.45) is 0. The fourth-order valence-electron chi connectivity index (χ4n) is 2.02. The number of aryl methyl sites for hydroxylation is 2. The van der Waals surface area contributed by atoms with Gasteiger partial charge in [0.05, 0.1) is 4.92 Å². The second-order valence-electron chi connectivity index (χ2n) is 4.69. The minimum Gasteiger partial charge on any atom is -0.508 e. The second-order valence-corrected chi connectivity index (χ2v) is 4.69. The van der Waals surface area contributed by atoms with E-state index in [2.05, 4.69) is 5.32 Å². The molecule has 0 heterocycles. The SMILES string of the molecule is Cc1cc(NCc2ccccc2[N+](=O)[O-])c(C)cc1O. The van der Waals surface area contributed by atoms with Gasteiger partial charge in [0, 0.05) is 23.9 Å². The Morgan fingerprint density at radius 2 is 1.90 bits per heavy atom. The number of benzene rings is 2. The van der Waals surface area contributed by atoms with Crippen LogP contribution in [0.5, 0.6) is 5.75 Å². The third kappa shape index (κ3) is 2.88. The first-order chi connectivity index (χ1) is 9.49. The van der Waals surface area contributed by atoms with Crippen molar-refractivity contribution in [2.24, 2.45) is 0 Å². The van der Waals surface area contributed by atoms with Crippen LogP contribution in [0.2, 0.25) is 0 Å². The molecule has 0 amide bonds. The number of anilines is 1. The molecule has 2 aromatic rings. The second kappa shape index (κ2) is 5.61. The number of phenolic OH excluding ortho intramolecular Hbond substituents is 1. The third-order valence-electron chi connectivity index (χ3n) is 3.20. The van der Waals surface area contributed by atoms with Gasteiger partial charge in [0.25, 0.3) is 5.69 Å². The molecule has 0 aliphatic carbocycles. The Balaban J connectivity index is 2.21. The van der Waals surface area contributed by atoms with E-state index in [1.807, 2.05) is 19.9 Å². The van der Waals surface area contributed by atoms with Crippen LogP contribution >= 0.6 is 0 Å². The van der Waals surface area contributed by atoms with Crippen LogP contribution in [0.1, 0.15) is 16.7 Å². The smallest absolute Gasteiger partial charge is 0.274 e. The summed E-state index contributed by atoms with van der Waals surface area (Å²) in [6, 6.07) is 10.2. The fourth-order valence-corrected chi connectivity index (χ4v) is 2.02. The highest BCUT2D eigenvalue weighted by Crippen LogP contribution is 2.26. The van der Waals surface area contributed by atoms with Crippen molar-refractivity contribution >= 4 is 11.4 Å². The summed E-state index contributed by atoms with van der Waals surface area (Å²) in [5.41, 5.74) is 3.25. The topological polar surface area (TPSA) is 75.4 Å². The zero-order valence-corrected chi connectivity index (χ0v) is 11.4. The van der Waals surface area contributed by atoms with Gasteiger partial charge in [-0.1, -0.05) is 18.2 Å². The molecule has 20 heavy (non-hydrogen) atoms. The lowest BCUT2D eigenvalue weighted by molar-refractivity contribution is -0.385. The number of nitrogens with one attached hydrogen (secondary N) is 1. The van der Waals surface area contributed by atoms with E-state index in [1.54, 1.807) is 24.3 Å². The molecule has 0 radical (unpaired) electrons. The van der Waals surface area contributed by atoms with E-state index in [0.717, 1.165) is 16.8 Å². The highest BCUT2D eigenvalue weighted by atomic mass is 16.6. The van der Waals surface area contributed by atoms with E-state index in [4.69, 9.17) is 0 Å². The summed E-state index contributed by atoms with van der Waals surface area (Å²) in [7, 11) is 0. The molecule has 0 unspecified atom stereocenters. The molecule has 0 bridgehead atoms. The van der Waals surface area contributed by atoms with Crippen molar-refractivity contribution in [1.82, 2.24) is 0 Å². The third-order valence-corrected chi connectivity index (χ3v) is 3.20. The van der Waals surface area contributed by atoms with Gasteiger partial charge in [-0.2, -0.15) is 0 Å². The van der Waals surface area contributed by atoms with Gasteiger partial charge in [0.15, 0.2) is 0 Å². The molecular weight excluding hydrogens is 256 g/mol. The first-order valence-electron chi connectivity index (χ1n) is 6.25. The Morgan fingerprint density at radius 1 is 1.20 bits per heavy atom. The maximum atomic E-state index is 10.9. The van der Waals surface area contributed by atoms with Crippen LogP contribution < -0.4 is 5.32 Å². The lowest BCUT2D eigenvalue weighted by Gasteiger charge is -2.12. The van der Waals surface area contributed by atoms with Crippen molar-refractivity contribution in [1.29, 1.82) is 0 Å². The first kappa shape index (κ1) is 13.9. The number of hydrogen-bond acceptors (Lipinski definition) is 4. The maximum Gasteiger partial charge on any atom is 0.274 e. The zero-order chi connectivity index (χ0) is 14.7. The highest BCUT2D eigenvalue weighted by molar-refractivity contribution is 5.57. The average molecular weight is 272 g/mol. The Labute approximate surface area is 117 Å². The minimum absolute atomic E-state index is 0.105. The predicted molar refractivity (Wildman–Crippen MR) is 78.0 cm³/mol. The number of nitrogens with zero attached hydrogens (tertiary/aromatic N) is 1. The van der Waals surface area contributed by atoms with Crippen LogP contribution in [0.25, 0.3) is 0 Å². The van der Waals surface area contributed by atoms with Crippen LogP contribution in [0, 0.1) is 24.0 Å². The standard InChI is InChI=1S/C15H16N2O3/c1-10-8-15(18)11(2)7-13(10)16-9-12-5-3-4-6-14(12)17(19)20/h3-8,16,18H,9H2,1-2H3. The summed E-state index contributed by atoms with van der Waals surface area (Å²) in [6.45, 7) is 4.05. The summed E-state index contributed by atoms with van der Waals surface area (Å²) in [5, 5.41) is 23.7. The number of phenols is 1. The Kier molecular flexibility index (Phi) is 3.89. The Hall–Kier alpha value is -2.56. The molecule has 0 aromatic heterocycles. The van der Waals surface area contributed by atoms with Gasteiger partial charge in [0.2, 0.25) is 0 Å². The molecule has 0 spiro atoms. The molecule has 0 saturated carbocycles. The van der Waals surface area contributed by atoms with E-state index in [0.29, 0.717) is 12.1 Å². The molecule has 5 heteroatoms. The number of rotatable bonds is 4. The molecule has 0 aliphatic heterocycles. The van der Waals surface area contributed by atoms with Gasteiger partial charge in [-0.05, 0) is 37.1 Å². The number of aromatic hydroxyl groups is 1. The maximum absolute atomic E-state index is 10.9. The number of para-hydroxylation sites is 1. The van der Waals surface area contributed by atoms with Gasteiger partial charge in [-0.25, -0.2) is 0 Å². The summed E-state index contributed by atoms with van der Waals surface area (Å²) < 4.78 is 0. The normalized spacial score (nSPS) is 10.3. The van der Waals surface area contributed by atoms with E-state index in [-0.39, 0.29) is 16.4 Å². The van der Waals surface area contributed by atoms with Crippen LogP contribution in [-0.2, 0) is 6.54 Å². The molecule has 5 nitrogen and oxygen atoms in total. The molecule has 2 rings (SSSR count). The number of hydrogen-bond donors (Lipinski definition) is 2. The molecule has 0 saturated heterocycles. The molecule has 2 N–H and O–H groups in total. The van der Waals surface area contributed by atoms with Gasteiger partial charge in [-0.3, -0.25) is 10.1 Å². The highest BCUT2D eigenvalue weighted by Gasteiger charge is 2.12. The Morgan fingerprint density at radius 3 is 2.60 bits per heavy atom. The zero-order valence-electron chi connectivity index (χ0n) is 11.4. The lowest BCUT2D eigenvalue weighted by atomic mass is 10.1. The molecule has 2 aromatic carbocycles. The van der Waals surface area contributed by atoms with Crippen molar-refractivity contribution in [3.05, 3.63) is 63.2 Å². The van der Waals surface area contributed by atoms with Crippen molar-refractivity contribution in [3.63, 3.8) is 0 Å². The fraction of sp³-hybridized carbons (Fsp3) is 0.200. The van der Waals surface area contributed by atoms with Crippen LogP contribution in [0.4, 0.5) is 11.4 Å². The van der Waals surface area contributed by atoms with Crippen molar-refractivity contribution < 1.29 is 10.0 Å². The van der Waals surface area contributed by atoms with Gasteiger partial charge in [0.1, 0.15) is 5.75 Å². The largest absolute Gasteiger partial charge is 0.508 e. The molecule has 0 fully saturated rings. The van der Waals surface area contributed by atoms with E-state index < -0.39 is 0 Å². The van der Waals surface area contributed by atoms with E-state index in [1.165, 1.54) is 6.07 Å². The summed E-state index contributed by atoms with van der Waals surface area (Å²) >= 11 is 0. The summed E-state index contributed by atoms with van der Waals surface area (Å²) in [5.74, 6) is 0.249. The molecule has 0 atom stereocenters. The molecular formula is C15H16N2O3. The molecule has 0 aliphatic rings. The minimum atomic E-state index is -0.383. The van der Waals surface area contributed by atoms with Crippen LogP contribution in [0.3, 0.4) is 0 Å². The van der Waals surface area contributed by atoms with E-state index >= 15 is 0 Å².